The number of hydrogen-bond donors (Lipinski definition) is 1. The highest BCUT2D eigenvalue weighted by Gasteiger charge is 2.41. The molecule has 2 aromatic rings. The van der Waals surface area contributed by atoms with E-state index in [0.717, 1.165) is 6.92 Å². The van der Waals surface area contributed by atoms with Crippen molar-refractivity contribution in [1.82, 2.24) is 0 Å². The van der Waals surface area contributed by atoms with Crippen molar-refractivity contribution < 1.29 is 32.5 Å². The normalized spacial score (nSPS) is 13.8. The van der Waals surface area contributed by atoms with Crippen molar-refractivity contribution in [1.29, 1.82) is 0 Å². The number of ether oxygens (including phenoxy) is 2. The monoisotopic (exact) mass is 394 g/mol. The fraction of sp³-hybridized carbons (Fsp3) is 0.188. The lowest BCUT2D eigenvalue weighted by Crippen LogP contribution is -2.47. The number of rotatable bonds is 5. The number of para-hydroxylation sites is 1. The third-order valence-corrected chi connectivity index (χ3v) is 3.63. The minimum Gasteiger partial charge on any atom is -0.475 e. The van der Waals surface area contributed by atoms with Crippen molar-refractivity contribution >= 4 is 29.2 Å². The van der Waals surface area contributed by atoms with E-state index in [-0.39, 0.29) is 5.75 Å². The zero-order valence-electron chi connectivity index (χ0n) is 12.6. The molecule has 1 N–H and O–H groups in total. The van der Waals surface area contributed by atoms with Gasteiger partial charge >= 0.3 is 17.9 Å². The first-order valence-corrected chi connectivity index (χ1v) is 7.51. The van der Waals surface area contributed by atoms with Gasteiger partial charge in [-0.25, -0.2) is 4.79 Å². The molecule has 0 amide bonds. The molecule has 0 aliphatic carbocycles. The summed E-state index contributed by atoms with van der Waals surface area (Å²) < 4.78 is 48.8. The molecule has 134 valence electrons. The van der Waals surface area contributed by atoms with Gasteiger partial charge in [0.05, 0.1) is 15.6 Å². The number of carboxylic acids is 1. The second-order valence-electron chi connectivity index (χ2n) is 5.03. The van der Waals surface area contributed by atoms with Gasteiger partial charge in [0, 0.05) is 6.92 Å². The van der Waals surface area contributed by atoms with Crippen LogP contribution >= 0.6 is 23.2 Å². The average molecular weight is 395 g/mol. The van der Waals surface area contributed by atoms with Crippen molar-refractivity contribution in [3.63, 3.8) is 0 Å². The van der Waals surface area contributed by atoms with Crippen LogP contribution in [0.1, 0.15) is 12.5 Å². The maximum absolute atomic E-state index is 12.8. The summed E-state index contributed by atoms with van der Waals surface area (Å²) in [6.45, 7) is 1.08. The Bertz CT molecular complexity index is 758. The van der Waals surface area contributed by atoms with Gasteiger partial charge in [0.1, 0.15) is 5.75 Å². The molecule has 0 fully saturated rings. The smallest absolute Gasteiger partial charge is 0.416 e. The Hall–Kier alpha value is -2.12. The minimum absolute atomic E-state index is 0.173. The Morgan fingerprint density at radius 2 is 1.56 bits per heavy atom. The van der Waals surface area contributed by atoms with Gasteiger partial charge in [0.25, 0.3) is 0 Å². The number of alkyl halides is 3. The first-order chi connectivity index (χ1) is 11.5. The van der Waals surface area contributed by atoms with Crippen LogP contribution in [0, 0.1) is 0 Å². The molecule has 0 saturated carbocycles. The van der Waals surface area contributed by atoms with Gasteiger partial charge in [-0.15, -0.1) is 0 Å². The maximum Gasteiger partial charge on any atom is 0.416 e. The van der Waals surface area contributed by atoms with Crippen LogP contribution in [0.25, 0.3) is 0 Å². The molecule has 25 heavy (non-hydrogen) atoms. The fourth-order valence-electron chi connectivity index (χ4n) is 1.84. The van der Waals surface area contributed by atoms with Crippen LogP contribution in [0.15, 0.2) is 42.5 Å². The molecule has 0 bridgehead atoms. The van der Waals surface area contributed by atoms with E-state index in [1.807, 2.05) is 0 Å². The van der Waals surface area contributed by atoms with Crippen molar-refractivity contribution in [3.05, 3.63) is 58.1 Å². The molecule has 4 nitrogen and oxygen atoms in total. The third kappa shape index (κ3) is 4.49. The lowest BCUT2D eigenvalue weighted by Gasteiger charge is -2.28. The molecule has 0 aliphatic heterocycles. The first-order valence-electron chi connectivity index (χ1n) is 6.75. The molecule has 2 rings (SSSR count). The van der Waals surface area contributed by atoms with Gasteiger partial charge in [0.15, 0.2) is 5.75 Å². The van der Waals surface area contributed by atoms with Gasteiger partial charge in [-0.3, -0.25) is 0 Å². The molecule has 1 atom stereocenters. The lowest BCUT2D eigenvalue weighted by atomic mass is 10.2. The van der Waals surface area contributed by atoms with E-state index in [1.165, 1.54) is 12.1 Å². The standard InChI is InChI=1S/C16H11Cl2F3O4/c1-15(14(22)23,24-10-5-3-2-4-6-10)25-13-11(17)7-9(8-12(13)18)16(19,20)21/h2-8H,1H3,(H,22,23). The van der Waals surface area contributed by atoms with Gasteiger partial charge in [0.2, 0.25) is 0 Å². The zero-order valence-corrected chi connectivity index (χ0v) is 14.1. The summed E-state index contributed by atoms with van der Waals surface area (Å²) in [6, 6.07) is 9.06. The topological polar surface area (TPSA) is 55.8 Å². The molecule has 0 aliphatic rings. The second kappa shape index (κ2) is 7.01. The molecule has 1 unspecified atom stereocenters. The Balaban J connectivity index is 2.39. The van der Waals surface area contributed by atoms with Crippen LogP contribution in [-0.2, 0) is 11.0 Å². The van der Waals surface area contributed by atoms with Crippen LogP contribution in [-0.4, -0.2) is 16.9 Å². The highest BCUT2D eigenvalue weighted by atomic mass is 35.5. The number of benzene rings is 2. The molecule has 0 spiro atoms. The Morgan fingerprint density at radius 3 is 2.00 bits per heavy atom. The number of halogens is 5. The van der Waals surface area contributed by atoms with Crippen LogP contribution in [0.3, 0.4) is 0 Å². The Morgan fingerprint density at radius 1 is 1.04 bits per heavy atom. The van der Waals surface area contributed by atoms with Crippen LogP contribution in [0.4, 0.5) is 13.2 Å². The number of hydrogen-bond acceptors (Lipinski definition) is 3. The highest BCUT2D eigenvalue weighted by Crippen LogP contribution is 2.41. The molecule has 0 saturated heterocycles. The largest absolute Gasteiger partial charge is 0.475 e. The molecular formula is C16H11Cl2F3O4. The zero-order chi connectivity index (χ0) is 18.8. The average Bonchev–Trinajstić information content (AvgIpc) is 2.50. The summed E-state index contributed by atoms with van der Waals surface area (Å²) in [5, 5.41) is 8.41. The van der Waals surface area contributed by atoms with E-state index < -0.39 is 39.3 Å². The molecule has 0 aromatic heterocycles. The predicted octanol–water partition coefficient (Wildman–Crippen LogP) is 5.27. The quantitative estimate of drug-likeness (QED) is 0.701. The summed E-state index contributed by atoms with van der Waals surface area (Å²) in [6.07, 6.45) is -4.66. The molecule has 9 heteroatoms. The predicted molar refractivity (Wildman–Crippen MR) is 85.2 cm³/mol. The van der Waals surface area contributed by atoms with Crippen LogP contribution in [0.2, 0.25) is 10.0 Å². The summed E-state index contributed by atoms with van der Waals surface area (Å²) in [5.74, 6) is -4.05. The van der Waals surface area contributed by atoms with Crippen LogP contribution < -0.4 is 9.47 Å². The van der Waals surface area contributed by atoms with Crippen molar-refractivity contribution in [3.8, 4) is 11.5 Å². The molecule has 0 radical (unpaired) electrons. The number of carboxylic acid groups (broad SMARTS) is 1. The van der Waals surface area contributed by atoms with Crippen LogP contribution in [0.5, 0.6) is 11.5 Å². The minimum atomic E-state index is -4.66. The Kier molecular flexibility index (Phi) is 5.39. The van der Waals surface area contributed by atoms with E-state index in [1.54, 1.807) is 18.2 Å². The summed E-state index contributed by atoms with van der Waals surface area (Å²) in [7, 11) is 0. The second-order valence-corrected chi connectivity index (χ2v) is 5.85. The van der Waals surface area contributed by atoms with Gasteiger partial charge in [-0.1, -0.05) is 41.4 Å². The van der Waals surface area contributed by atoms with E-state index in [0.29, 0.717) is 12.1 Å². The SMILES string of the molecule is CC(Oc1ccccc1)(Oc1c(Cl)cc(C(F)(F)F)cc1Cl)C(=O)O. The van der Waals surface area contributed by atoms with E-state index in [9.17, 15) is 23.1 Å². The van der Waals surface area contributed by atoms with E-state index >= 15 is 0 Å². The first kappa shape index (κ1) is 19.2. The molecule has 2 aromatic carbocycles. The van der Waals surface area contributed by atoms with Gasteiger partial charge in [-0.05, 0) is 24.3 Å². The number of aliphatic carboxylic acids is 1. The summed E-state index contributed by atoms with van der Waals surface area (Å²) in [4.78, 5) is 11.6. The fourth-order valence-corrected chi connectivity index (χ4v) is 2.40. The van der Waals surface area contributed by atoms with E-state index in [4.69, 9.17) is 32.7 Å². The maximum atomic E-state index is 12.8. The third-order valence-electron chi connectivity index (χ3n) is 3.07. The van der Waals surface area contributed by atoms with Gasteiger partial charge in [-0.2, -0.15) is 13.2 Å². The van der Waals surface area contributed by atoms with E-state index in [2.05, 4.69) is 0 Å². The summed E-state index contributed by atoms with van der Waals surface area (Å²) >= 11 is 11.6. The van der Waals surface area contributed by atoms with Gasteiger partial charge < -0.3 is 14.6 Å². The highest BCUT2D eigenvalue weighted by molar-refractivity contribution is 6.37. The van der Waals surface area contributed by atoms with Crippen molar-refractivity contribution in [2.75, 3.05) is 0 Å². The van der Waals surface area contributed by atoms with Crippen molar-refractivity contribution in [2.24, 2.45) is 0 Å². The summed E-state index contributed by atoms with van der Waals surface area (Å²) in [5.41, 5.74) is -1.09. The molecule has 0 heterocycles. The lowest BCUT2D eigenvalue weighted by molar-refractivity contribution is -0.181. The molecular weight excluding hydrogens is 384 g/mol. The van der Waals surface area contributed by atoms with Crippen molar-refractivity contribution in [2.45, 2.75) is 18.9 Å². The number of carbonyl (C=O) groups is 1. The Labute approximate surface area is 150 Å².